The van der Waals surface area contributed by atoms with Gasteiger partial charge in [-0.2, -0.15) is 0 Å². The molecule has 0 atom stereocenters. The summed E-state index contributed by atoms with van der Waals surface area (Å²) in [6, 6.07) is 3.58. The Balaban J connectivity index is 2.74. The second-order valence-corrected chi connectivity index (χ2v) is 4.07. The fourth-order valence-electron chi connectivity index (χ4n) is 1.21. The first kappa shape index (κ1) is 12.8. The second-order valence-electron chi connectivity index (χ2n) is 3.64. The van der Waals surface area contributed by atoms with Gasteiger partial charge in [-0.25, -0.2) is 4.98 Å². The summed E-state index contributed by atoms with van der Waals surface area (Å²) in [5.74, 6) is 0.820. The first-order valence-electron chi connectivity index (χ1n) is 5.11. The van der Waals surface area contributed by atoms with Crippen LogP contribution in [0.5, 0.6) is 0 Å². The Morgan fingerprint density at radius 2 is 2.12 bits per heavy atom. The minimum Gasteiger partial charge on any atom is -0.348 e. The summed E-state index contributed by atoms with van der Waals surface area (Å²) < 4.78 is 0. The molecular formula is C11H16ClN3O. The number of carbonyl (C=O) groups is 1. The van der Waals surface area contributed by atoms with E-state index in [1.165, 1.54) is 0 Å². The lowest BCUT2D eigenvalue weighted by Gasteiger charge is -2.23. The fraction of sp³-hybridized carbons (Fsp3) is 0.455. The largest absolute Gasteiger partial charge is 0.348 e. The van der Waals surface area contributed by atoms with Gasteiger partial charge in [0.2, 0.25) is 5.91 Å². The van der Waals surface area contributed by atoms with Gasteiger partial charge in [0.15, 0.2) is 0 Å². The standard InChI is InChI=1S/C11H16ClN3O/c1-4-15(8-11(16)14(2)3)10-6-5-9(12)7-13-10/h5-7H,4,8H2,1-3H3. The number of hydrogen-bond acceptors (Lipinski definition) is 3. The van der Waals surface area contributed by atoms with Gasteiger partial charge in [0.25, 0.3) is 0 Å². The van der Waals surface area contributed by atoms with Crippen LogP contribution in [0.1, 0.15) is 6.92 Å². The first-order chi connectivity index (χ1) is 7.54. The summed E-state index contributed by atoms with van der Waals surface area (Å²) in [4.78, 5) is 19.2. The summed E-state index contributed by atoms with van der Waals surface area (Å²) in [5.41, 5.74) is 0. The van der Waals surface area contributed by atoms with Gasteiger partial charge in [0, 0.05) is 26.8 Å². The number of carbonyl (C=O) groups excluding carboxylic acids is 1. The third-order valence-corrected chi connectivity index (χ3v) is 2.47. The van der Waals surface area contributed by atoms with Crippen LogP contribution in [0.3, 0.4) is 0 Å². The number of anilines is 1. The number of amides is 1. The van der Waals surface area contributed by atoms with Crippen molar-refractivity contribution in [3.05, 3.63) is 23.4 Å². The van der Waals surface area contributed by atoms with E-state index in [4.69, 9.17) is 11.6 Å². The third kappa shape index (κ3) is 3.38. The first-order valence-corrected chi connectivity index (χ1v) is 5.49. The molecule has 0 saturated heterocycles. The highest BCUT2D eigenvalue weighted by molar-refractivity contribution is 6.30. The van der Waals surface area contributed by atoms with E-state index in [2.05, 4.69) is 4.98 Å². The molecule has 4 nitrogen and oxygen atoms in total. The molecule has 1 aromatic rings. The van der Waals surface area contributed by atoms with Crippen LogP contribution in [0.2, 0.25) is 5.02 Å². The highest BCUT2D eigenvalue weighted by Gasteiger charge is 2.12. The van der Waals surface area contributed by atoms with Gasteiger partial charge < -0.3 is 9.80 Å². The number of hydrogen-bond donors (Lipinski definition) is 0. The topological polar surface area (TPSA) is 36.4 Å². The molecule has 0 bridgehead atoms. The van der Waals surface area contributed by atoms with Gasteiger partial charge in [-0.1, -0.05) is 11.6 Å². The monoisotopic (exact) mass is 241 g/mol. The van der Waals surface area contributed by atoms with E-state index in [9.17, 15) is 4.79 Å². The molecule has 0 aliphatic heterocycles. The molecule has 88 valence electrons. The van der Waals surface area contributed by atoms with E-state index < -0.39 is 0 Å². The van der Waals surface area contributed by atoms with Crippen molar-refractivity contribution in [1.82, 2.24) is 9.88 Å². The van der Waals surface area contributed by atoms with Crippen LogP contribution in [0.4, 0.5) is 5.82 Å². The summed E-state index contributed by atoms with van der Waals surface area (Å²) >= 11 is 5.76. The number of likely N-dealkylation sites (N-methyl/N-ethyl adjacent to an activating group) is 2. The van der Waals surface area contributed by atoms with Crippen LogP contribution in [-0.4, -0.2) is 43.0 Å². The van der Waals surface area contributed by atoms with E-state index in [1.54, 1.807) is 31.3 Å². The lowest BCUT2D eigenvalue weighted by atomic mass is 10.4. The average Bonchev–Trinajstić information content (AvgIpc) is 2.26. The van der Waals surface area contributed by atoms with Gasteiger partial charge in [-0.15, -0.1) is 0 Å². The van der Waals surface area contributed by atoms with Gasteiger partial charge in [-0.3, -0.25) is 4.79 Å². The summed E-state index contributed by atoms with van der Waals surface area (Å²) in [6.07, 6.45) is 1.58. The van der Waals surface area contributed by atoms with Gasteiger partial charge in [-0.05, 0) is 19.1 Å². The van der Waals surface area contributed by atoms with E-state index >= 15 is 0 Å². The Morgan fingerprint density at radius 3 is 2.56 bits per heavy atom. The van der Waals surface area contributed by atoms with Crippen molar-refractivity contribution in [2.75, 3.05) is 32.1 Å². The zero-order valence-corrected chi connectivity index (χ0v) is 10.5. The minimum absolute atomic E-state index is 0.0543. The SMILES string of the molecule is CCN(CC(=O)N(C)C)c1ccc(Cl)cn1. The lowest BCUT2D eigenvalue weighted by Crippen LogP contribution is -2.36. The Kier molecular flexibility index (Phi) is 4.55. The molecule has 0 aliphatic carbocycles. The molecule has 0 saturated carbocycles. The smallest absolute Gasteiger partial charge is 0.241 e. The number of halogens is 1. The number of rotatable bonds is 4. The molecule has 1 amide bonds. The highest BCUT2D eigenvalue weighted by atomic mass is 35.5. The maximum atomic E-state index is 11.6. The van der Waals surface area contributed by atoms with Crippen LogP contribution in [0.15, 0.2) is 18.3 Å². The molecule has 0 fully saturated rings. The molecule has 1 rings (SSSR count). The number of aromatic nitrogens is 1. The van der Waals surface area contributed by atoms with Crippen molar-refractivity contribution >= 4 is 23.3 Å². The Labute approximate surface area is 101 Å². The third-order valence-electron chi connectivity index (χ3n) is 2.24. The summed E-state index contributed by atoms with van der Waals surface area (Å²) in [7, 11) is 3.48. The molecule has 16 heavy (non-hydrogen) atoms. The second kappa shape index (κ2) is 5.70. The molecule has 0 aromatic carbocycles. The quantitative estimate of drug-likeness (QED) is 0.804. The van der Waals surface area contributed by atoms with E-state index in [0.717, 1.165) is 12.4 Å². The maximum absolute atomic E-state index is 11.6. The van der Waals surface area contributed by atoms with Crippen LogP contribution in [-0.2, 0) is 4.79 Å². The molecule has 1 heterocycles. The molecule has 0 unspecified atom stereocenters. The lowest BCUT2D eigenvalue weighted by molar-refractivity contribution is -0.127. The normalized spacial score (nSPS) is 10.0. The van der Waals surface area contributed by atoms with Crippen LogP contribution in [0.25, 0.3) is 0 Å². The molecule has 1 aromatic heterocycles. The zero-order chi connectivity index (χ0) is 12.1. The van der Waals surface area contributed by atoms with E-state index in [0.29, 0.717) is 11.6 Å². The highest BCUT2D eigenvalue weighted by Crippen LogP contribution is 2.13. The van der Waals surface area contributed by atoms with Crippen molar-refractivity contribution in [1.29, 1.82) is 0 Å². The molecule has 5 heteroatoms. The Morgan fingerprint density at radius 1 is 1.44 bits per heavy atom. The van der Waals surface area contributed by atoms with Gasteiger partial charge in [0.05, 0.1) is 11.6 Å². The van der Waals surface area contributed by atoms with Crippen molar-refractivity contribution < 1.29 is 4.79 Å². The Bertz CT molecular complexity index is 351. The van der Waals surface area contributed by atoms with Crippen molar-refractivity contribution in [2.45, 2.75) is 6.92 Å². The maximum Gasteiger partial charge on any atom is 0.241 e. The van der Waals surface area contributed by atoms with Crippen molar-refractivity contribution in [2.24, 2.45) is 0 Å². The van der Waals surface area contributed by atoms with Crippen molar-refractivity contribution in [3.8, 4) is 0 Å². The summed E-state index contributed by atoms with van der Waals surface area (Å²) in [5, 5.41) is 0.596. The number of pyridine rings is 1. The van der Waals surface area contributed by atoms with E-state index in [-0.39, 0.29) is 5.91 Å². The number of nitrogens with zero attached hydrogens (tertiary/aromatic N) is 3. The van der Waals surface area contributed by atoms with Crippen LogP contribution < -0.4 is 4.90 Å². The fourth-order valence-corrected chi connectivity index (χ4v) is 1.33. The molecule has 0 spiro atoms. The average molecular weight is 242 g/mol. The molecule has 0 N–H and O–H groups in total. The van der Waals surface area contributed by atoms with Gasteiger partial charge in [0.1, 0.15) is 5.82 Å². The van der Waals surface area contributed by atoms with Gasteiger partial charge >= 0.3 is 0 Å². The van der Waals surface area contributed by atoms with Crippen LogP contribution in [0, 0.1) is 0 Å². The minimum atomic E-state index is 0.0543. The predicted octanol–water partition coefficient (Wildman–Crippen LogP) is 1.65. The molecular weight excluding hydrogens is 226 g/mol. The predicted molar refractivity (Wildman–Crippen MR) is 65.8 cm³/mol. The summed E-state index contributed by atoms with van der Waals surface area (Å²) in [6.45, 7) is 3.05. The Hall–Kier alpha value is -1.29. The molecule has 0 radical (unpaired) electrons. The van der Waals surface area contributed by atoms with E-state index in [1.807, 2.05) is 17.9 Å². The van der Waals surface area contributed by atoms with Crippen molar-refractivity contribution in [3.63, 3.8) is 0 Å². The molecule has 0 aliphatic rings. The van der Waals surface area contributed by atoms with Crippen LogP contribution >= 0.6 is 11.6 Å². The zero-order valence-electron chi connectivity index (χ0n) is 9.77.